The van der Waals surface area contributed by atoms with Crippen molar-refractivity contribution in [3.8, 4) is 0 Å². The molecule has 4 rings (SSSR count). The van der Waals surface area contributed by atoms with E-state index in [-0.39, 0.29) is 44.0 Å². The van der Waals surface area contributed by atoms with E-state index in [1.54, 1.807) is 49.9 Å². The van der Waals surface area contributed by atoms with Crippen molar-refractivity contribution in [3.63, 3.8) is 0 Å². The van der Waals surface area contributed by atoms with E-state index in [9.17, 15) is 19.2 Å². The first-order valence-electron chi connectivity index (χ1n) is 13.6. The van der Waals surface area contributed by atoms with E-state index in [1.165, 1.54) is 28.2 Å². The summed E-state index contributed by atoms with van der Waals surface area (Å²) in [4.78, 5) is 67.3. The standard InChI is InChI=1S/C29H35N7O6/c1-5-14-41-23(38)17-34(15-21-12-9-13-36(21)28(40)42-29(2,3)4)22(37)16-35-19-32-24-25(30-18-31-26(24)35)33-27(39)20-10-7-6-8-11-20/h5-8,10-11,18-19,21H,1,9,12-17H2,2-4H3,(H,30,31,33,39)/t21-/m1/s1. The zero-order chi connectivity index (χ0) is 30.3. The number of rotatable bonds is 10. The van der Waals surface area contributed by atoms with Crippen LogP contribution in [0.1, 0.15) is 44.0 Å². The van der Waals surface area contributed by atoms with E-state index in [1.807, 2.05) is 6.07 Å². The molecule has 0 bridgehead atoms. The summed E-state index contributed by atoms with van der Waals surface area (Å²) in [5, 5.41) is 2.74. The first-order valence-corrected chi connectivity index (χ1v) is 13.6. The first-order chi connectivity index (χ1) is 20.1. The van der Waals surface area contributed by atoms with Gasteiger partial charge in [0, 0.05) is 18.7 Å². The van der Waals surface area contributed by atoms with Crippen molar-refractivity contribution in [2.24, 2.45) is 0 Å². The van der Waals surface area contributed by atoms with E-state index in [2.05, 4.69) is 26.8 Å². The van der Waals surface area contributed by atoms with Crippen molar-refractivity contribution in [2.75, 3.05) is 31.6 Å². The van der Waals surface area contributed by atoms with Crippen LogP contribution in [0.5, 0.6) is 0 Å². The molecule has 3 heterocycles. The molecular formula is C29H35N7O6. The molecule has 0 spiro atoms. The summed E-state index contributed by atoms with van der Waals surface area (Å²) in [6, 6.07) is 8.33. The number of benzene rings is 1. The zero-order valence-electron chi connectivity index (χ0n) is 24.0. The molecule has 13 heteroatoms. The number of anilines is 1. The summed E-state index contributed by atoms with van der Waals surface area (Å²) >= 11 is 0. The molecule has 1 atom stereocenters. The third kappa shape index (κ3) is 7.68. The van der Waals surface area contributed by atoms with Gasteiger partial charge in [0.15, 0.2) is 17.0 Å². The lowest BCUT2D eigenvalue weighted by Crippen LogP contribution is -2.48. The van der Waals surface area contributed by atoms with Crippen molar-refractivity contribution in [1.29, 1.82) is 0 Å². The second kappa shape index (κ2) is 13.2. The maximum absolute atomic E-state index is 13.6. The van der Waals surface area contributed by atoms with E-state index in [0.717, 1.165) is 6.42 Å². The highest BCUT2D eigenvalue weighted by molar-refractivity contribution is 6.06. The van der Waals surface area contributed by atoms with Gasteiger partial charge in [-0.2, -0.15) is 0 Å². The molecule has 1 fully saturated rings. The predicted molar refractivity (Wildman–Crippen MR) is 153 cm³/mol. The summed E-state index contributed by atoms with van der Waals surface area (Å²) in [7, 11) is 0. The molecule has 0 radical (unpaired) electrons. The van der Waals surface area contributed by atoms with E-state index >= 15 is 0 Å². The molecule has 1 saturated heterocycles. The average molecular weight is 578 g/mol. The van der Waals surface area contributed by atoms with Crippen molar-refractivity contribution in [3.05, 3.63) is 61.2 Å². The maximum Gasteiger partial charge on any atom is 0.410 e. The Morgan fingerprint density at radius 2 is 1.90 bits per heavy atom. The number of amides is 3. The zero-order valence-corrected chi connectivity index (χ0v) is 24.0. The summed E-state index contributed by atoms with van der Waals surface area (Å²) in [6.07, 6.45) is 5.06. The fourth-order valence-electron chi connectivity index (χ4n) is 4.55. The van der Waals surface area contributed by atoms with Gasteiger partial charge in [0.25, 0.3) is 5.91 Å². The number of aromatic nitrogens is 4. The van der Waals surface area contributed by atoms with Gasteiger partial charge in [0.1, 0.15) is 31.6 Å². The summed E-state index contributed by atoms with van der Waals surface area (Å²) in [5.41, 5.74) is 0.411. The Kier molecular flexibility index (Phi) is 9.50. The second-order valence-corrected chi connectivity index (χ2v) is 10.8. The van der Waals surface area contributed by atoms with Crippen molar-refractivity contribution >= 4 is 40.9 Å². The lowest BCUT2D eigenvalue weighted by atomic mass is 10.2. The number of likely N-dealkylation sites (tertiary alicyclic amines) is 1. The van der Waals surface area contributed by atoms with Crippen molar-refractivity contribution in [2.45, 2.75) is 51.8 Å². The van der Waals surface area contributed by atoms with Crippen LogP contribution >= 0.6 is 0 Å². The van der Waals surface area contributed by atoms with Gasteiger partial charge in [-0.3, -0.25) is 14.4 Å². The van der Waals surface area contributed by atoms with Gasteiger partial charge in [0.05, 0.1) is 12.4 Å². The average Bonchev–Trinajstić information content (AvgIpc) is 3.59. The molecule has 3 amide bonds. The van der Waals surface area contributed by atoms with Gasteiger partial charge in [-0.15, -0.1) is 0 Å². The lowest BCUT2D eigenvalue weighted by molar-refractivity contribution is -0.149. The number of fused-ring (bicyclic) bond motifs is 1. The first kappa shape index (κ1) is 30.2. The molecule has 222 valence electrons. The maximum atomic E-state index is 13.6. The molecule has 1 aliphatic heterocycles. The Balaban J connectivity index is 1.52. The molecule has 13 nitrogen and oxygen atoms in total. The highest BCUT2D eigenvalue weighted by Gasteiger charge is 2.35. The normalized spacial score (nSPS) is 14.8. The highest BCUT2D eigenvalue weighted by atomic mass is 16.6. The summed E-state index contributed by atoms with van der Waals surface area (Å²) in [6.45, 7) is 9.01. The minimum absolute atomic E-state index is 0.00881. The molecule has 1 aromatic carbocycles. The number of hydrogen-bond donors (Lipinski definition) is 1. The number of esters is 1. The lowest BCUT2D eigenvalue weighted by Gasteiger charge is -2.32. The van der Waals surface area contributed by atoms with Crippen molar-refractivity contribution in [1.82, 2.24) is 29.3 Å². The van der Waals surface area contributed by atoms with Gasteiger partial charge in [0.2, 0.25) is 5.91 Å². The van der Waals surface area contributed by atoms with Gasteiger partial charge < -0.3 is 29.2 Å². The Bertz CT molecular complexity index is 1450. The topological polar surface area (TPSA) is 149 Å². The van der Waals surface area contributed by atoms with Gasteiger partial charge in [-0.25, -0.2) is 19.7 Å². The molecule has 3 aromatic rings. The molecule has 1 N–H and O–H groups in total. The Labute approximate surface area is 243 Å². The van der Waals surface area contributed by atoms with Crippen LogP contribution in [0.25, 0.3) is 11.2 Å². The number of carbonyl (C=O) groups excluding carboxylic acids is 4. The molecule has 2 aromatic heterocycles. The summed E-state index contributed by atoms with van der Waals surface area (Å²) in [5.74, 6) is -1.18. The SMILES string of the molecule is C=CCOC(=O)CN(C[C@H]1CCCN1C(=O)OC(C)(C)C)C(=O)Cn1cnc2c(NC(=O)c3ccccc3)ncnc21. The number of imidazole rings is 1. The fraction of sp³-hybridized carbons (Fsp3) is 0.414. The Hall–Kier alpha value is -4.81. The fourth-order valence-corrected chi connectivity index (χ4v) is 4.55. The van der Waals surface area contributed by atoms with Crippen LogP contribution in [-0.4, -0.2) is 91.1 Å². The van der Waals surface area contributed by atoms with Gasteiger partial charge in [-0.05, 0) is 45.7 Å². The summed E-state index contributed by atoms with van der Waals surface area (Å²) < 4.78 is 12.2. The van der Waals surface area contributed by atoms with Crippen LogP contribution in [0.4, 0.5) is 10.6 Å². The molecule has 0 aliphatic carbocycles. The van der Waals surface area contributed by atoms with Gasteiger partial charge in [-0.1, -0.05) is 30.9 Å². The van der Waals surface area contributed by atoms with Crippen LogP contribution in [0.3, 0.4) is 0 Å². The molecule has 0 saturated carbocycles. The molecule has 0 unspecified atom stereocenters. The second-order valence-electron chi connectivity index (χ2n) is 10.8. The van der Waals surface area contributed by atoms with Crippen LogP contribution in [-0.2, 0) is 25.6 Å². The third-order valence-electron chi connectivity index (χ3n) is 6.45. The number of carbonyl (C=O) groups is 4. The predicted octanol–water partition coefficient (Wildman–Crippen LogP) is 3.04. The number of hydrogen-bond acceptors (Lipinski definition) is 9. The number of nitrogens with one attached hydrogen (secondary N) is 1. The van der Waals surface area contributed by atoms with Crippen LogP contribution in [0.2, 0.25) is 0 Å². The van der Waals surface area contributed by atoms with Crippen molar-refractivity contribution < 1.29 is 28.7 Å². The Morgan fingerprint density at radius 3 is 2.62 bits per heavy atom. The Morgan fingerprint density at radius 1 is 1.14 bits per heavy atom. The smallest absolute Gasteiger partial charge is 0.410 e. The quantitative estimate of drug-likeness (QED) is 0.283. The number of ether oxygens (including phenoxy) is 2. The molecule has 1 aliphatic rings. The molecular weight excluding hydrogens is 542 g/mol. The van der Waals surface area contributed by atoms with Crippen LogP contribution < -0.4 is 5.32 Å². The van der Waals surface area contributed by atoms with Gasteiger partial charge >= 0.3 is 12.1 Å². The van der Waals surface area contributed by atoms with E-state index in [4.69, 9.17) is 9.47 Å². The highest BCUT2D eigenvalue weighted by Crippen LogP contribution is 2.23. The van der Waals surface area contributed by atoms with Crippen LogP contribution in [0, 0.1) is 0 Å². The van der Waals surface area contributed by atoms with Crippen LogP contribution in [0.15, 0.2) is 55.6 Å². The monoisotopic (exact) mass is 577 g/mol. The third-order valence-corrected chi connectivity index (χ3v) is 6.45. The number of nitrogens with zero attached hydrogens (tertiary/aromatic N) is 6. The van der Waals surface area contributed by atoms with E-state index < -0.39 is 23.6 Å². The minimum atomic E-state index is -0.669. The molecule has 42 heavy (non-hydrogen) atoms. The van der Waals surface area contributed by atoms with E-state index in [0.29, 0.717) is 29.7 Å². The minimum Gasteiger partial charge on any atom is -0.460 e. The largest absolute Gasteiger partial charge is 0.460 e.